The van der Waals surface area contributed by atoms with Crippen LogP contribution < -0.4 is 0 Å². The third kappa shape index (κ3) is 6.20. The summed E-state index contributed by atoms with van der Waals surface area (Å²) >= 11 is 0. The largest absolute Gasteiger partial charge is 0.294 e. The van der Waals surface area contributed by atoms with E-state index in [0.29, 0.717) is 5.82 Å². The molecule has 0 amide bonds. The summed E-state index contributed by atoms with van der Waals surface area (Å²) in [6.07, 6.45) is 7.97. The lowest BCUT2D eigenvalue weighted by Crippen LogP contribution is -2.04. The monoisotopic (exact) mass is 815 g/mol. The maximum atomic E-state index is 5.33. The van der Waals surface area contributed by atoms with Gasteiger partial charge in [-0.15, -0.1) is 0 Å². The van der Waals surface area contributed by atoms with Gasteiger partial charge in [-0.25, -0.2) is 9.97 Å². The third-order valence-electron chi connectivity index (χ3n) is 12.8. The molecule has 12 rings (SSSR count). The quantitative estimate of drug-likeness (QED) is 0.118. The second kappa shape index (κ2) is 15.2. The second-order valence-electron chi connectivity index (χ2n) is 16.6. The van der Waals surface area contributed by atoms with E-state index in [1.807, 2.05) is 37.3 Å². The number of allylic oxidation sites excluding steroid dienone is 5. The Balaban J connectivity index is 1.17. The summed E-state index contributed by atoms with van der Waals surface area (Å²) in [4.78, 5) is 10.4. The van der Waals surface area contributed by atoms with Crippen LogP contribution in [0.3, 0.4) is 0 Å². The van der Waals surface area contributed by atoms with Gasteiger partial charge in [0.15, 0.2) is 5.82 Å². The molecule has 2 aromatic heterocycles. The summed E-state index contributed by atoms with van der Waals surface area (Å²) in [5, 5.41) is 14.6. The molecule has 0 atom stereocenters. The first-order valence-electron chi connectivity index (χ1n) is 21.9. The first-order valence-corrected chi connectivity index (χ1v) is 21.9. The molecule has 0 aliphatic rings. The maximum absolute atomic E-state index is 5.33. The van der Waals surface area contributed by atoms with E-state index in [-0.39, 0.29) is 0 Å². The molecule has 0 fully saturated rings. The first-order chi connectivity index (χ1) is 31.6. The van der Waals surface area contributed by atoms with Gasteiger partial charge < -0.3 is 0 Å². The van der Waals surface area contributed by atoms with Crippen molar-refractivity contribution in [2.45, 2.75) is 6.92 Å². The van der Waals surface area contributed by atoms with Gasteiger partial charge in [-0.1, -0.05) is 183 Å². The molecule has 12 aromatic rings. The fraction of sp³-hybridized carbons (Fsp3) is 0.0164. The topological polar surface area (TPSA) is 30.7 Å². The van der Waals surface area contributed by atoms with E-state index in [1.54, 1.807) is 0 Å². The third-order valence-corrected chi connectivity index (χ3v) is 12.8. The number of fused-ring (bicyclic) bond motifs is 11. The molecule has 0 radical (unpaired) electrons. The van der Waals surface area contributed by atoms with Gasteiger partial charge in [-0.05, 0) is 119 Å². The van der Waals surface area contributed by atoms with Crippen LogP contribution in [-0.4, -0.2) is 14.5 Å². The fourth-order valence-corrected chi connectivity index (χ4v) is 9.71. The predicted molar refractivity (Wildman–Crippen MR) is 273 cm³/mol. The molecular formula is C61H41N3. The van der Waals surface area contributed by atoms with Crippen LogP contribution in [0.15, 0.2) is 225 Å². The number of hydrogen-bond acceptors (Lipinski definition) is 2. The summed E-state index contributed by atoms with van der Waals surface area (Å²) in [6, 6.07) is 70.7. The van der Waals surface area contributed by atoms with Gasteiger partial charge in [0.05, 0.1) is 16.7 Å². The summed E-state index contributed by atoms with van der Waals surface area (Å²) in [5.74, 6) is 1.36. The molecular weight excluding hydrogens is 775 g/mol. The SMILES string of the molecule is C=C(/C=C\C=C/C)c1nc(-c2ccccc2)cc(-n2c3ccc(-c4ccc5ccccc5c4)cc3c3cc4c5ccccc5c5cc(-c6cccc7ccccc67)ccc5c4cc32)n1. The standard InChI is InChI=1S/C61H41N3/c1-3-4-6-16-39(2)61-62-57(42-19-7-5-8-20-42)38-60(63-61)64-58-32-30-45(44-28-27-40-17-9-10-21-43(40)33-44)34-55(58)56-36-53-50-25-14-13-24-49(50)52-35-46(29-31-51(52)54(53)37-59(56)64)48-26-15-22-41-18-11-12-23-47(41)48/h3-38H,2H2,1H3/b4-3-,16-6-. The van der Waals surface area contributed by atoms with Crippen LogP contribution in [0.5, 0.6) is 0 Å². The van der Waals surface area contributed by atoms with Crippen molar-refractivity contribution < 1.29 is 0 Å². The minimum absolute atomic E-state index is 0.582. The summed E-state index contributed by atoms with van der Waals surface area (Å²) < 4.78 is 2.33. The normalized spacial score (nSPS) is 12.1. The van der Waals surface area contributed by atoms with Gasteiger partial charge in [-0.2, -0.15) is 0 Å². The van der Waals surface area contributed by atoms with Gasteiger partial charge >= 0.3 is 0 Å². The van der Waals surface area contributed by atoms with Crippen LogP contribution in [0, 0.1) is 0 Å². The Kier molecular flexibility index (Phi) is 8.87. The molecule has 3 heteroatoms. The van der Waals surface area contributed by atoms with Crippen molar-refractivity contribution in [1.29, 1.82) is 0 Å². The van der Waals surface area contributed by atoms with E-state index in [4.69, 9.17) is 9.97 Å². The van der Waals surface area contributed by atoms with Gasteiger partial charge in [-0.3, -0.25) is 4.57 Å². The van der Waals surface area contributed by atoms with Crippen LogP contribution >= 0.6 is 0 Å². The first kappa shape index (κ1) is 37.4. The van der Waals surface area contributed by atoms with E-state index in [1.165, 1.54) is 70.6 Å². The average Bonchev–Trinajstić information content (AvgIpc) is 3.68. The van der Waals surface area contributed by atoms with Gasteiger partial charge in [0.2, 0.25) is 0 Å². The minimum atomic E-state index is 0.582. The maximum Gasteiger partial charge on any atom is 0.161 e. The number of rotatable bonds is 7. The number of benzene rings is 10. The van der Waals surface area contributed by atoms with E-state index in [9.17, 15) is 0 Å². The minimum Gasteiger partial charge on any atom is -0.294 e. The Bertz CT molecular complexity index is 3920. The Morgan fingerprint density at radius 3 is 1.88 bits per heavy atom. The number of aromatic nitrogens is 3. The molecule has 2 heterocycles. The molecule has 0 N–H and O–H groups in total. The lowest BCUT2D eigenvalue weighted by atomic mass is 9.90. The van der Waals surface area contributed by atoms with Crippen molar-refractivity contribution in [2.24, 2.45) is 0 Å². The van der Waals surface area contributed by atoms with Crippen molar-refractivity contribution in [3.05, 3.63) is 231 Å². The molecule has 0 bridgehead atoms. The Hall–Kier alpha value is -8.40. The van der Waals surface area contributed by atoms with Crippen LogP contribution in [0.2, 0.25) is 0 Å². The Morgan fingerprint density at radius 1 is 0.422 bits per heavy atom. The molecule has 0 aliphatic carbocycles. The van der Waals surface area contributed by atoms with Crippen LogP contribution in [-0.2, 0) is 0 Å². The highest BCUT2D eigenvalue weighted by Gasteiger charge is 2.20. The summed E-state index contributed by atoms with van der Waals surface area (Å²) in [6.45, 7) is 6.45. The molecule has 0 unspecified atom stereocenters. The molecule has 0 saturated carbocycles. The van der Waals surface area contributed by atoms with Gasteiger partial charge in [0.25, 0.3) is 0 Å². The van der Waals surface area contributed by atoms with Crippen molar-refractivity contribution in [2.75, 3.05) is 0 Å². The van der Waals surface area contributed by atoms with E-state index in [0.717, 1.165) is 50.0 Å². The molecule has 64 heavy (non-hydrogen) atoms. The Morgan fingerprint density at radius 2 is 1.05 bits per heavy atom. The fourth-order valence-electron chi connectivity index (χ4n) is 9.71. The highest BCUT2D eigenvalue weighted by atomic mass is 15.1. The molecule has 3 nitrogen and oxygen atoms in total. The van der Waals surface area contributed by atoms with Crippen molar-refractivity contribution in [3.8, 4) is 39.3 Å². The number of hydrogen-bond donors (Lipinski definition) is 0. The lowest BCUT2D eigenvalue weighted by Gasteiger charge is -2.15. The molecule has 10 aromatic carbocycles. The van der Waals surface area contributed by atoms with Crippen LogP contribution in [0.1, 0.15) is 12.7 Å². The zero-order valence-electron chi connectivity index (χ0n) is 35.3. The van der Waals surface area contributed by atoms with E-state index >= 15 is 0 Å². The summed E-state index contributed by atoms with van der Waals surface area (Å²) in [7, 11) is 0. The number of nitrogens with zero attached hydrogens (tertiary/aromatic N) is 3. The van der Waals surface area contributed by atoms with Crippen molar-refractivity contribution in [1.82, 2.24) is 14.5 Å². The van der Waals surface area contributed by atoms with Crippen molar-refractivity contribution >= 4 is 81.2 Å². The van der Waals surface area contributed by atoms with Crippen LogP contribution in [0.25, 0.3) is 121 Å². The zero-order chi connectivity index (χ0) is 42.7. The molecule has 0 spiro atoms. The van der Waals surface area contributed by atoms with Crippen molar-refractivity contribution in [3.63, 3.8) is 0 Å². The average molecular weight is 816 g/mol. The smallest absolute Gasteiger partial charge is 0.161 e. The van der Waals surface area contributed by atoms with Gasteiger partial charge in [0, 0.05) is 28.0 Å². The molecule has 0 aliphatic heterocycles. The molecule has 300 valence electrons. The van der Waals surface area contributed by atoms with Gasteiger partial charge in [0.1, 0.15) is 5.82 Å². The molecule has 0 saturated heterocycles. The summed E-state index contributed by atoms with van der Waals surface area (Å²) in [5.41, 5.74) is 9.52. The lowest BCUT2D eigenvalue weighted by molar-refractivity contribution is 1.02. The van der Waals surface area contributed by atoms with E-state index < -0.39 is 0 Å². The highest BCUT2D eigenvalue weighted by Crippen LogP contribution is 2.43. The Labute approximate surface area is 371 Å². The predicted octanol–water partition coefficient (Wildman–Crippen LogP) is 16.5. The van der Waals surface area contributed by atoms with Crippen LogP contribution in [0.4, 0.5) is 0 Å². The highest BCUT2D eigenvalue weighted by molar-refractivity contribution is 6.29. The zero-order valence-corrected chi connectivity index (χ0v) is 35.3. The van der Waals surface area contributed by atoms with E-state index in [2.05, 4.69) is 199 Å². The second-order valence-corrected chi connectivity index (χ2v) is 16.6.